The van der Waals surface area contributed by atoms with Crippen LogP contribution in [0.2, 0.25) is 0 Å². The monoisotopic (exact) mass is 836 g/mol. The van der Waals surface area contributed by atoms with Gasteiger partial charge in [0.15, 0.2) is 11.6 Å². The van der Waals surface area contributed by atoms with Gasteiger partial charge in [-0.25, -0.2) is 0 Å². The van der Waals surface area contributed by atoms with Crippen LogP contribution in [-0.4, -0.2) is 70.2 Å². The standard InChI is InChI=1S/C50H61N4O6.Mg/c1-12-34-29(6)36-25-41-43(33(10)55)31(8)38(52-41)23-37-30(7)35(19-20-42(56)60-22-21-28(5)18-14-17-27(4)16-13-15-26(2)3)47(53-37)45-46(50(58)59-11)49(57)44-32(9)39(54-48(44)45)24-40(34)51-36;/h15,17,21,23-25,29-30,34-35,46H,12-14,16,18-20,22H2,1-11H3,(H-,51,52,53,54,55,57);/q-1;+2/p-1/b27-17+,28-21+;/t29-,30+,34-,35+,46-;/m1./s1. The fourth-order valence-corrected chi connectivity index (χ4v) is 9.13. The van der Waals surface area contributed by atoms with Gasteiger partial charge in [-0.1, -0.05) is 79.0 Å². The maximum atomic E-state index is 14.3. The largest absolute Gasteiger partial charge is 2.00 e. The molecule has 6 rings (SSSR count). The molecule has 1 aliphatic carbocycles. The molecule has 5 heterocycles. The molecule has 318 valence electrons. The zero-order valence-corrected chi connectivity index (χ0v) is 39.4. The number of allylic oxidation sites excluding steroid dienone is 5. The number of fused-ring (bicyclic) bond motifs is 8. The zero-order chi connectivity index (χ0) is 43.6. The van der Waals surface area contributed by atoms with Gasteiger partial charge in [-0.05, 0) is 98.6 Å². The number of methoxy groups -OCH3 is 1. The van der Waals surface area contributed by atoms with Gasteiger partial charge in [-0.3, -0.25) is 29.1 Å². The molecule has 0 aromatic carbocycles. The Balaban J connectivity index is 0.00000704. The van der Waals surface area contributed by atoms with Crippen LogP contribution in [0.4, 0.5) is 0 Å². The average Bonchev–Trinajstić information content (AvgIpc) is 3.94. The molecular formula is C50H60MgN4O6. The summed E-state index contributed by atoms with van der Waals surface area (Å²) in [5.41, 5.74) is 11.7. The van der Waals surface area contributed by atoms with Gasteiger partial charge in [-0.2, -0.15) is 0 Å². The van der Waals surface area contributed by atoms with Crippen LogP contribution in [0, 0.1) is 13.8 Å². The normalized spacial score (nSPS) is 19.7. The Morgan fingerprint density at radius 2 is 1.38 bits per heavy atom. The molecule has 0 unspecified atom stereocenters. The number of carbonyl (C=O) groups excluding carboxylic acids is 4. The molecule has 0 N–H and O–H groups in total. The van der Waals surface area contributed by atoms with E-state index in [9.17, 15) is 19.2 Å². The molecule has 10 nitrogen and oxygen atoms in total. The number of ketones is 2. The van der Waals surface area contributed by atoms with Crippen molar-refractivity contribution in [2.45, 2.75) is 144 Å². The molecule has 0 radical (unpaired) electrons. The van der Waals surface area contributed by atoms with Crippen LogP contribution >= 0.6 is 0 Å². The number of hydrogen-bond acceptors (Lipinski definition) is 8. The van der Waals surface area contributed by atoms with Crippen LogP contribution in [0.3, 0.4) is 0 Å². The molecule has 3 aromatic rings. The fourth-order valence-electron chi connectivity index (χ4n) is 9.13. The van der Waals surface area contributed by atoms with E-state index in [0.29, 0.717) is 62.1 Å². The minimum Gasteiger partial charge on any atom is -0.657 e. The van der Waals surface area contributed by atoms with E-state index in [2.05, 4.69) is 53.7 Å². The number of hydrogen-bond donors (Lipinski definition) is 0. The number of carbonyl (C=O) groups is 4. The van der Waals surface area contributed by atoms with Crippen molar-refractivity contribution in [2.75, 3.05) is 13.7 Å². The summed E-state index contributed by atoms with van der Waals surface area (Å²) in [6.45, 7) is 20.2. The van der Waals surface area contributed by atoms with Crippen LogP contribution in [0.5, 0.6) is 0 Å². The molecule has 8 bridgehead atoms. The Hall–Kier alpha value is -4.61. The second kappa shape index (κ2) is 20.1. The Morgan fingerprint density at radius 1 is 0.770 bits per heavy atom. The first-order valence-electron chi connectivity index (χ1n) is 21.5. The first-order valence-corrected chi connectivity index (χ1v) is 21.5. The molecule has 0 saturated carbocycles. The molecular weight excluding hydrogens is 777 g/mol. The van der Waals surface area contributed by atoms with Crippen molar-refractivity contribution < 1.29 is 28.7 Å². The third kappa shape index (κ3) is 9.88. The third-order valence-corrected chi connectivity index (χ3v) is 12.7. The summed E-state index contributed by atoms with van der Waals surface area (Å²) in [7, 11) is 1.27. The summed E-state index contributed by atoms with van der Waals surface area (Å²) in [5.74, 6) is -3.24. The Kier molecular flexibility index (Phi) is 15.6. The fraction of sp³-hybridized carbons (Fsp3) is 0.480. The molecule has 3 aliphatic rings. The molecule has 0 amide bonds. The first-order chi connectivity index (χ1) is 28.6. The third-order valence-electron chi connectivity index (χ3n) is 12.7. The van der Waals surface area contributed by atoms with Gasteiger partial charge in [0, 0.05) is 64.0 Å². The predicted octanol–water partition coefficient (Wildman–Crippen LogP) is 10.4. The van der Waals surface area contributed by atoms with Gasteiger partial charge >= 0.3 is 35.0 Å². The molecule has 2 aliphatic heterocycles. The van der Waals surface area contributed by atoms with Crippen molar-refractivity contribution in [3.63, 3.8) is 0 Å². The van der Waals surface area contributed by atoms with Gasteiger partial charge in [0.05, 0.1) is 7.11 Å². The van der Waals surface area contributed by atoms with Crippen molar-refractivity contribution in [1.29, 1.82) is 0 Å². The minimum atomic E-state index is -1.25. The van der Waals surface area contributed by atoms with Crippen LogP contribution in [0.1, 0.15) is 190 Å². The predicted molar refractivity (Wildman–Crippen MR) is 241 cm³/mol. The Bertz CT molecular complexity index is 2480. The summed E-state index contributed by atoms with van der Waals surface area (Å²) in [6, 6.07) is 5.77. The number of Topliss-reactive ketones (excluding diaryl/α,β-unsaturated/α-hetero) is 2. The SMILES string of the molecule is CC[C@H]1c2cc3[n-]c4c(c3C)C(=O)[C@H](C(=O)OC)c4c3nc(cc4[n-]c(cc(n2)[C@@H]1C)c(C(C)=O)c4C)[C@@H](C)[C@@H]3CCC(=O)OC/C=C(\C)CC/C=C(\C)CCC=C(C)C.[Mg+2]. The van der Waals surface area contributed by atoms with Crippen molar-refractivity contribution in [3.8, 4) is 0 Å². The van der Waals surface area contributed by atoms with Crippen LogP contribution in [-0.2, 0) is 19.1 Å². The smallest absolute Gasteiger partial charge is 0.657 e. The van der Waals surface area contributed by atoms with E-state index in [1.165, 1.54) is 18.3 Å². The Labute approximate surface area is 376 Å². The number of ether oxygens (including phenoxy) is 2. The molecule has 0 spiro atoms. The van der Waals surface area contributed by atoms with Crippen LogP contribution in [0.25, 0.3) is 22.1 Å². The minimum absolute atomic E-state index is 0. The number of nitrogens with zero attached hydrogens (tertiary/aromatic N) is 4. The summed E-state index contributed by atoms with van der Waals surface area (Å²) in [6.07, 6.45) is 11.7. The maximum Gasteiger partial charge on any atom is 2.00 e. The summed E-state index contributed by atoms with van der Waals surface area (Å²) in [4.78, 5) is 74.7. The molecule has 5 atom stereocenters. The second-order valence-corrected chi connectivity index (χ2v) is 17.2. The summed E-state index contributed by atoms with van der Waals surface area (Å²) < 4.78 is 10.9. The van der Waals surface area contributed by atoms with Gasteiger partial charge in [-0.15, -0.1) is 22.1 Å². The van der Waals surface area contributed by atoms with Gasteiger partial charge in [0.2, 0.25) is 0 Å². The number of rotatable bonds is 14. The van der Waals surface area contributed by atoms with E-state index in [4.69, 9.17) is 29.4 Å². The van der Waals surface area contributed by atoms with E-state index in [0.717, 1.165) is 54.6 Å². The zero-order valence-electron chi connectivity index (χ0n) is 38.0. The van der Waals surface area contributed by atoms with Gasteiger partial charge in [0.1, 0.15) is 12.5 Å². The maximum absolute atomic E-state index is 14.3. The Morgan fingerprint density at radius 3 is 2.03 bits per heavy atom. The molecule has 0 fully saturated rings. The van der Waals surface area contributed by atoms with E-state index in [1.807, 2.05) is 45.0 Å². The average molecular weight is 837 g/mol. The number of aryl methyl sites for hydroxylation is 2. The second-order valence-electron chi connectivity index (χ2n) is 17.2. The van der Waals surface area contributed by atoms with Gasteiger partial charge in [0.25, 0.3) is 0 Å². The quantitative estimate of drug-likeness (QED) is 0.0506. The van der Waals surface area contributed by atoms with E-state index < -0.39 is 11.9 Å². The van der Waals surface area contributed by atoms with E-state index >= 15 is 0 Å². The molecule has 11 heteroatoms. The summed E-state index contributed by atoms with van der Waals surface area (Å²) in [5, 5.41) is 0. The molecule has 61 heavy (non-hydrogen) atoms. The van der Waals surface area contributed by atoms with E-state index in [-0.39, 0.29) is 77.3 Å². The van der Waals surface area contributed by atoms with E-state index in [1.54, 1.807) is 6.92 Å². The topological polar surface area (TPSA) is 141 Å². The number of esters is 2. The van der Waals surface area contributed by atoms with Crippen molar-refractivity contribution in [1.82, 2.24) is 19.9 Å². The first kappa shape index (κ1) is 47.4. The van der Waals surface area contributed by atoms with Crippen molar-refractivity contribution in [3.05, 3.63) is 104 Å². The van der Waals surface area contributed by atoms with Gasteiger partial charge < -0.3 is 19.4 Å². The van der Waals surface area contributed by atoms with Crippen LogP contribution in [0.15, 0.2) is 53.1 Å². The number of aromatic nitrogens is 4. The van der Waals surface area contributed by atoms with Crippen molar-refractivity contribution in [2.24, 2.45) is 0 Å². The molecule has 0 saturated heterocycles. The van der Waals surface area contributed by atoms with Crippen molar-refractivity contribution >= 4 is 68.6 Å². The molecule has 3 aromatic heterocycles. The summed E-state index contributed by atoms with van der Waals surface area (Å²) >= 11 is 0. The van der Waals surface area contributed by atoms with Crippen LogP contribution < -0.4 is 9.97 Å².